The molecule has 0 aliphatic carbocycles. The number of hydrogen-bond acceptors (Lipinski definition) is 7. The van der Waals surface area contributed by atoms with Crippen molar-refractivity contribution in [1.82, 2.24) is 15.5 Å². The van der Waals surface area contributed by atoms with Gasteiger partial charge in [-0.25, -0.2) is 4.79 Å². The maximum atomic E-state index is 13.4. The number of aryl methyl sites for hydroxylation is 1. The SMILES string of the molecule is Cc1cc(C(C(=O)NCc2ccccc2)N(CC#N)C(=O)C(CO)NC(=O)OC(C)(C)C)ccc1O. The molecule has 10 heteroatoms. The lowest BCUT2D eigenvalue weighted by Crippen LogP contribution is -2.54. The molecule has 0 saturated carbocycles. The van der Waals surface area contributed by atoms with Crippen molar-refractivity contribution in [1.29, 1.82) is 5.26 Å². The van der Waals surface area contributed by atoms with E-state index in [1.54, 1.807) is 27.7 Å². The number of phenols is 1. The number of aliphatic hydroxyl groups excluding tert-OH is 1. The van der Waals surface area contributed by atoms with Gasteiger partial charge in [0.15, 0.2) is 0 Å². The van der Waals surface area contributed by atoms with Gasteiger partial charge in [-0.1, -0.05) is 36.4 Å². The van der Waals surface area contributed by atoms with E-state index in [0.717, 1.165) is 10.5 Å². The Kier molecular flexibility index (Phi) is 9.82. The van der Waals surface area contributed by atoms with Gasteiger partial charge in [-0.05, 0) is 56.5 Å². The number of phenolic OH excluding ortho intramolecular Hbond substituents is 1. The zero-order valence-corrected chi connectivity index (χ0v) is 20.8. The Balaban J connectivity index is 2.41. The molecule has 2 aromatic rings. The molecular formula is C26H32N4O6. The summed E-state index contributed by atoms with van der Waals surface area (Å²) in [6.45, 7) is 5.44. The fourth-order valence-electron chi connectivity index (χ4n) is 3.41. The van der Waals surface area contributed by atoms with Crippen LogP contribution in [0.4, 0.5) is 4.79 Å². The summed E-state index contributed by atoms with van der Waals surface area (Å²) in [4.78, 5) is 40.0. The number of nitriles is 1. The van der Waals surface area contributed by atoms with Gasteiger partial charge >= 0.3 is 6.09 Å². The standard InChI is InChI=1S/C26H32N4O6/c1-17-14-19(10-11-21(17)32)22(23(33)28-15-18-8-6-5-7-9-18)30(13-12-27)24(34)20(16-31)29-25(35)36-26(2,3)4/h5-11,14,20,22,31-32H,13,15-16H2,1-4H3,(H,28,33)(H,29,35). The number of alkyl carbamates (subject to hydrolysis) is 1. The fourth-order valence-corrected chi connectivity index (χ4v) is 3.41. The van der Waals surface area contributed by atoms with Crippen LogP contribution >= 0.6 is 0 Å². The minimum atomic E-state index is -1.46. The van der Waals surface area contributed by atoms with Crippen molar-refractivity contribution in [2.24, 2.45) is 0 Å². The predicted octanol–water partition coefficient (Wildman–Crippen LogP) is 2.30. The van der Waals surface area contributed by atoms with Crippen LogP contribution in [0, 0.1) is 18.3 Å². The van der Waals surface area contributed by atoms with Crippen LogP contribution in [-0.4, -0.2) is 57.8 Å². The third-order valence-electron chi connectivity index (χ3n) is 5.10. The van der Waals surface area contributed by atoms with Crippen LogP contribution in [0.3, 0.4) is 0 Å². The van der Waals surface area contributed by atoms with Crippen molar-refractivity contribution < 1.29 is 29.3 Å². The number of nitrogens with zero attached hydrogens (tertiary/aromatic N) is 2. The number of hydrogen-bond donors (Lipinski definition) is 4. The van der Waals surface area contributed by atoms with E-state index in [9.17, 15) is 29.9 Å². The molecular weight excluding hydrogens is 464 g/mol. The number of aromatic hydroxyl groups is 1. The molecule has 0 saturated heterocycles. The molecule has 2 atom stereocenters. The molecule has 0 radical (unpaired) electrons. The Labute approximate surface area is 210 Å². The maximum Gasteiger partial charge on any atom is 0.408 e. The zero-order chi connectivity index (χ0) is 26.9. The third kappa shape index (κ3) is 7.99. The summed E-state index contributed by atoms with van der Waals surface area (Å²) in [5.74, 6) is -1.43. The summed E-state index contributed by atoms with van der Waals surface area (Å²) in [5, 5.41) is 34.4. The molecule has 4 N–H and O–H groups in total. The number of rotatable bonds is 9. The van der Waals surface area contributed by atoms with E-state index < -0.39 is 48.7 Å². The van der Waals surface area contributed by atoms with Crippen molar-refractivity contribution in [2.45, 2.75) is 51.9 Å². The van der Waals surface area contributed by atoms with E-state index in [2.05, 4.69) is 10.6 Å². The largest absolute Gasteiger partial charge is 0.508 e. The van der Waals surface area contributed by atoms with E-state index in [1.165, 1.54) is 18.2 Å². The normalized spacial score (nSPS) is 12.6. The van der Waals surface area contributed by atoms with Gasteiger partial charge in [-0.15, -0.1) is 0 Å². The average molecular weight is 497 g/mol. The molecule has 2 aromatic carbocycles. The molecule has 3 amide bonds. The van der Waals surface area contributed by atoms with Gasteiger partial charge in [-0.2, -0.15) is 5.26 Å². The predicted molar refractivity (Wildman–Crippen MR) is 131 cm³/mol. The molecule has 10 nitrogen and oxygen atoms in total. The molecule has 2 unspecified atom stereocenters. The highest BCUT2D eigenvalue weighted by Gasteiger charge is 2.36. The quantitative estimate of drug-likeness (QED) is 0.389. The van der Waals surface area contributed by atoms with Gasteiger partial charge in [0.25, 0.3) is 0 Å². The van der Waals surface area contributed by atoms with Crippen molar-refractivity contribution in [3.63, 3.8) is 0 Å². The Hall–Kier alpha value is -4.10. The van der Waals surface area contributed by atoms with Crippen molar-refractivity contribution >= 4 is 17.9 Å². The summed E-state index contributed by atoms with van der Waals surface area (Å²) in [5.41, 5.74) is 0.782. The van der Waals surface area contributed by atoms with Crippen LogP contribution in [0.15, 0.2) is 48.5 Å². The van der Waals surface area contributed by atoms with Crippen molar-refractivity contribution in [3.8, 4) is 11.8 Å². The number of aliphatic hydroxyl groups is 1. The number of carbonyl (C=O) groups excluding carboxylic acids is 3. The van der Waals surface area contributed by atoms with Crippen molar-refractivity contribution in [3.05, 3.63) is 65.2 Å². The Bertz CT molecular complexity index is 1110. The van der Waals surface area contributed by atoms with Gasteiger partial charge in [0.2, 0.25) is 11.8 Å². The highest BCUT2D eigenvalue weighted by Crippen LogP contribution is 2.27. The molecule has 0 bridgehead atoms. The number of nitrogens with one attached hydrogen (secondary N) is 2. The van der Waals surface area contributed by atoms with Crippen LogP contribution in [0.2, 0.25) is 0 Å². The second-order valence-corrected chi connectivity index (χ2v) is 9.16. The molecule has 0 aromatic heterocycles. The first-order valence-electron chi connectivity index (χ1n) is 11.4. The first-order valence-corrected chi connectivity index (χ1v) is 11.4. The molecule has 0 spiro atoms. The zero-order valence-electron chi connectivity index (χ0n) is 20.8. The minimum Gasteiger partial charge on any atom is -0.508 e. The maximum absolute atomic E-state index is 13.4. The van der Waals surface area contributed by atoms with E-state index in [0.29, 0.717) is 11.1 Å². The van der Waals surface area contributed by atoms with E-state index in [1.807, 2.05) is 36.4 Å². The smallest absolute Gasteiger partial charge is 0.408 e. The van der Waals surface area contributed by atoms with Crippen LogP contribution in [0.1, 0.15) is 43.5 Å². The van der Waals surface area contributed by atoms with Gasteiger partial charge in [0.05, 0.1) is 12.7 Å². The average Bonchev–Trinajstić information content (AvgIpc) is 2.82. The number of benzene rings is 2. The summed E-state index contributed by atoms with van der Waals surface area (Å²) < 4.78 is 5.16. The first kappa shape index (κ1) is 28.1. The molecule has 2 rings (SSSR count). The lowest BCUT2D eigenvalue weighted by atomic mass is 10.00. The fraction of sp³-hybridized carbons (Fsp3) is 0.385. The second kappa shape index (κ2) is 12.6. The number of carbonyl (C=O) groups is 3. The summed E-state index contributed by atoms with van der Waals surface area (Å²) in [6, 6.07) is 12.7. The van der Waals surface area contributed by atoms with Gasteiger partial charge in [-0.3, -0.25) is 9.59 Å². The monoisotopic (exact) mass is 496 g/mol. The van der Waals surface area contributed by atoms with Gasteiger partial charge in [0, 0.05) is 6.54 Å². The highest BCUT2D eigenvalue weighted by molar-refractivity contribution is 5.92. The highest BCUT2D eigenvalue weighted by atomic mass is 16.6. The van der Waals surface area contributed by atoms with Crippen LogP contribution < -0.4 is 10.6 Å². The molecule has 0 fully saturated rings. The first-order chi connectivity index (χ1) is 17.0. The summed E-state index contributed by atoms with van der Waals surface area (Å²) in [6.07, 6.45) is -0.933. The number of ether oxygens (including phenoxy) is 1. The Morgan fingerprint density at radius 3 is 2.36 bits per heavy atom. The molecule has 192 valence electrons. The Morgan fingerprint density at radius 2 is 1.81 bits per heavy atom. The van der Waals surface area contributed by atoms with E-state index >= 15 is 0 Å². The Morgan fingerprint density at radius 1 is 1.14 bits per heavy atom. The number of amides is 3. The van der Waals surface area contributed by atoms with Crippen molar-refractivity contribution in [2.75, 3.05) is 13.2 Å². The van der Waals surface area contributed by atoms with Gasteiger partial charge < -0.3 is 30.5 Å². The molecule has 0 heterocycles. The van der Waals surface area contributed by atoms with Gasteiger partial charge in [0.1, 0.15) is 30.0 Å². The lowest BCUT2D eigenvalue weighted by Gasteiger charge is -2.32. The third-order valence-corrected chi connectivity index (χ3v) is 5.10. The van der Waals surface area contributed by atoms with Crippen LogP contribution in [-0.2, 0) is 20.9 Å². The van der Waals surface area contributed by atoms with Crippen LogP contribution in [0.5, 0.6) is 5.75 Å². The lowest BCUT2D eigenvalue weighted by molar-refractivity contribution is -0.142. The topological polar surface area (TPSA) is 152 Å². The van der Waals surface area contributed by atoms with Crippen LogP contribution in [0.25, 0.3) is 0 Å². The summed E-state index contributed by atoms with van der Waals surface area (Å²) >= 11 is 0. The molecule has 0 aliphatic rings. The molecule has 36 heavy (non-hydrogen) atoms. The summed E-state index contributed by atoms with van der Waals surface area (Å²) in [7, 11) is 0. The minimum absolute atomic E-state index is 0.000167. The second-order valence-electron chi connectivity index (χ2n) is 9.16. The van der Waals surface area contributed by atoms with E-state index in [4.69, 9.17) is 4.74 Å². The van der Waals surface area contributed by atoms with E-state index in [-0.39, 0.29) is 12.3 Å². The molecule has 0 aliphatic heterocycles.